The summed E-state index contributed by atoms with van der Waals surface area (Å²) in [5.74, 6) is 0. The Balaban J connectivity index is 2.13. The zero-order valence-electron chi connectivity index (χ0n) is 17.7. The molecule has 2 fully saturated rings. The van der Waals surface area contributed by atoms with Crippen molar-refractivity contribution in [2.45, 2.75) is 85.8 Å². The molecule has 14 atom stereocenters. The highest BCUT2D eigenvalue weighted by molar-refractivity contribution is 5.56. The van der Waals surface area contributed by atoms with E-state index in [1.165, 1.54) is 0 Å². The summed E-state index contributed by atoms with van der Waals surface area (Å²) in [6, 6.07) is 0. The molecule has 2 saturated heterocycles. The Morgan fingerprint density at radius 1 is 0.735 bits per heavy atom. The predicted molar refractivity (Wildman–Crippen MR) is 102 cm³/mol. The minimum atomic E-state index is -2.14. The molecule has 0 spiro atoms. The minimum absolute atomic E-state index is 0.0838. The Hall–Kier alpha value is -0.930. The van der Waals surface area contributed by atoms with Gasteiger partial charge < -0.3 is 79.9 Å². The molecule has 0 aromatic rings. The van der Waals surface area contributed by atoms with Crippen LogP contribution in [-0.2, 0) is 23.7 Å². The molecule has 0 unspecified atom stereocenters. The molecule has 34 heavy (non-hydrogen) atoms. The molecular weight excluding hydrogens is 472 g/mol. The first-order valence-corrected chi connectivity index (χ1v) is 10.4. The number of aldehydes is 1. The Labute approximate surface area is 192 Å². The quantitative estimate of drug-likeness (QED) is 0.117. The maximum absolute atomic E-state index is 10.9. The number of hydrogen-bond donors (Lipinski definition) is 11. The van der Waals surface area contributed by atoms with E-state index < -0.39 is 106 Å². The van der Waals surface area contributed by atoms with Crippen LogP contribution < -0.4 is 0 Å². The van der Waals surface area contributed by atoms with Gasteiger partial charge in [-0.3, -0.25) is 0 Å². The van der Waals surface area contributed by atoms with Gasteiger partial charge in [-0.1, -0.05) is 0 Å². The summed E-state index contributed by atoms with van der Waals surface area (Å²) in [5, 5.41) is 108. The Kier molecular flexibility index (Phi) is 11.1. The number of ether oxygens (including phenoxy) is 4. The molecule has 0 amide bonds. The zero-order chi connectivity index (χ0) is 25.7. The molecule has 0 saturated carbocycles. The second-order valence-electron chi connectivity index (χ2n) is 8.01. The van der Waals surface area contributed by atoms with Gasteiger partial charge in [0.2, 0.25) is 0 Å². The van der Waals surface area contributed by atoms with Gasteiger partial charge >= 0.3 is 0 Å². The third-order valence-electron chi connectivity index (χ3n) is 5.62. The number of aliphatic hydroxyl groups excluding tert-OH is 11. The molecule has 0 aromatic heterocycles. The van der Waals surface area contributed by atoms with Crippen molar-refractivity contribution in [2.75, 3.05) is 19.8 Å². The molecule has 2 rings (SSSR count). The average Bonchev–Trinajstić information content (AvgIpc) is 2.84. The number of rotatable bonds is 11. The van der Waals surface area contributed by atoms with E-state index in [9.17, 15) is 61.0 Å². The molecule has 16 heteroatoms. The highest BCUT2D eigenvalue weighted by atomic mass is 16.7. The number of carbonyl (C=O) groups excluding carboxylic acids is 1. The summed E-state index contributed by atoms with van der Waals surface area (Å²) in [6.45, 7) is -2.41. The summed E-state index contributed by atoms with van der Waals surface area (Å²) in [7, 11) is 0. The molecule has 0 aliphatic carbocycles. The van der Waals surface area contributed by atoms with E-state index in [2.05, 4.69) is 0 Å². The van der Waals surface area contributed by atoms with Gasteiger partial charge in [0.1, 0.15) is 73.2 Å². The van der Waals surface area contributed by atoms with Gasteiger partial charge in [0, 0.05) is 0 Å². The van der Waals surface area contributed by atoms with Crippen LogP contribution in [0.5, 0.6) is 0 Å². The zero-order valence-corrected chi connectivity index (χ0v) is 17.7. The van der Waals surface area contributed by atoms with Crippen LogP contribution in [0.4, 0.5) is 0 Å². The first-order valence-electron chi connectivity index (χ1n) is 10.4. The van der Waals surface area contributed by atoms with E-state index in [0.29, 0.717) is 0 Å². The summed E-state index contributed by atoms with van der Waals surface area (Å²) in [6.07, 6.45) is -25.3. The van der Waals surface area contributed by atoms with Crippen molar-refractivity contribution in [1.82, 2.24) is 0 Å². The monoisotopic (exact) mass is 504 g/mol. The van der Waals surface area contributed by atoms with Crippen molar-refractivity contribution in [3.8, 4) is 0 Å². The lowest BCUT2D eigenvalue weighted by Gasteiger charge is -2.42. The van der Waals surface area contributed by atoms with Gasteiger partial charge in [0.05, 0.1) is 19.8 Å². The van der Waals surface area contributed by atoms with E-state index in [1.54, 1.807) is 0 Å². The number of carbonyl (C=O) groups is 1. The first kappa shape index (κ1) is 29.3. The van der Waals surface area contributed by atoms with E-state index in [-0.39, 0.29) is 6.29 Å². The fraction of sp³-hybridized carbons (Fsp3) is 0.944. The molecule has 0 aromatic carbocycles. The van der Waals surface area contributed by atoms with Crippen molar-refractivity contribution in [3.63, 3.8) is 0 Å². The fourth-order valence-corrected chi connectivity index (χ4v) is 3.50. The van der Waals surface area contributed by atoms with Gasteiger partial charge in [0.25, 0.3) is 0 Å². The average molecular weight is 504 g/mol. The lowest BCUT2D eigenvalue weighted by atomic mass is 9.98. The van der Waals surface area contributed by atoms with Crippen molar-refractivity contribution in [1.29, 1.82) is 0 Å². The molecule has 0 bridgehead atoms. The molecular formula is C18H32O16. The molecule has 11 N–H and O–H groups in total. The van der Waals surface area contributed by atoms with E-state index in [4.69, 9.17) is 18.9 Å². The largest absolute Gasteiger partial charge is 0.394 e. The summed E-state index contributed by atoms with van der Waals surface area (Å²) < 4.78 is 20.6. The van der Waals surface area contributed by atoms with Crippen molar-refractivity contribution >= 4 is 6.29 Å². The van der Waals surface area contributed by atoms with Crippen LogP contribution in [0.25, 0.3) is 0 Å². The third-order valence-corrected chi connectivity index (χ3v) is 5.62. The first-order chi connectivity index (χ1) is 16.0. The second kappa shape index (κ2) is 12.9. The molecule has 2 aliphatic rings. The summed E-state index contributed by atoms with van der Waals surface area (Å²) >= 11 is 0. The van der Waals surface area contributed by atoms with E-state index in [1.807, 2.05) is 0 Å². The van der Waals surface area contributed by atoms with Crippen LogP contribution >= 0.6 is 0 Å². The predicted octanol–water partition coefficient (Wildman–Crippen LogP) is -7.73. The molecule has 2 heterocycles. The van der Waals surface area contributed by atoms with Gasteiger partial charge in [-0.15, -0.1) is 0 Å². The standard InChI is InChI=1S/C18H32O16/c19-1-5(22)9(24)16(34-18-15(30)13(28)11(26)8(3-21)33-18)6(23)4-31-17-14(29)12(27)10(25)7(2-20)32-17/h1,5-18,20-30H,2-4H2/t5-,6+,7+,8+,9+,10+,11+,12-,13-,14+,15+,16+,17-,18+/m0/s1. The second-order valence-corrected chi connectivity index (χ2v) is 8.01. The maximum Gasteiger partial charge on any atom is 0.187 e. The Morgan fingerprint density at radius 2 is 1.21 bits per heavy atom. The molecule has 0 radical (unpaired) electrons. The van der Waals surface area contributed by atoms with Crippen LogP contribution in [-0.4, -0.2) is 168 Å². The van der Waals surface area contributed by atoms with Crippen molar-refractivity contribution < 1.29 is 79.9 Å². The normalized spacial score (nSPS) is 42.6. The maximum atomic E-state index is 10.9. The van der Waals surface area contributed by atoms with E-state index in [0.717, 1.165) is 0 Å². The van der Waals surface area contributed by atoms with Gasteiger partial charge in [-0.05, 0) is 0 Å². The lowest BCUT2D eigenvalue weighted by Crippen LogP contribution is -2.62. The number of aliphatic hydroxyl groups is 11. The van der Waals surface area contributed by atoms with Gasteiger partial charge in [0.15, 0.2) is 18.9 Å². The summed E-state index contributed by atoms with van der Waals surface area (Å²) in [5.41, 5.74) is 0. The van der Waals surface area contributed by atoms with Crippen molar-refractivity contribution in [2.24, 2.45) is 0 Å². The fourth-order valence-electron chi connectivity index (χ4n) is 3.50. The van der Waals surface area contributed by atoms with Crippen LogP contribution in [0.1, 0.15) is 0 Å². The van der Waals surface area contributed by atoms with E-state index >= 15 is 0 Å². The minimum Gasteiger partial charge on any atom is -0.394 e. The highest BCUT2D eigenvalue weighted by Gasteiger charge is 2.48. The van der Waals surface area contributed by atoms with Gasteiger partial charge in [-0.25, -0.2) is 0 Å². The lowest BCUT2D eigenvalue weighted by molar-refractivity contribution is -0.333. The van der Waals surface area contributed by atoms with Crippen molar-refractivity contribution in [3.05, 3.63) is 0 Å². The smallest absolute Gasteiger partial charge is 0.187 e. The van der Waals surface area contributed by atoms with Crippen LogP contribution in [0.2, 0.25) is 0 Å². The Morgan fingerprint density at radius 3 is 1.68 bits per heavy atom. The SMILES string of the molecule is O=C[C@H](O)[C@@H](O)[C@H](O[C@H]1O[C@H](CO)[C@@H](O)[C@H](O)[C@H]1O)[C@H](O)CO[C@H]1O[C@H](CO)[C@@H](O)[C@H](O)[C@H]1O. The summed E-state index contributed by atoms with van der Waals surface area (Å²) in [4.78, 5) is 10.9. The van der Waals surface area contributed by atoms with Gasteiger partial charge in [-0.2, -0.15) is 0 Å². The molecule has 16 nitrogen and oxygen atoms in total. The van der Waals surface area contributed by atoms with Crippen LogP contribution in [0.3, 0.4) is 0 Å². The van der Waals surface area contributed by atoms with Crippen LogP contribution in [0, 0.1) is 0 Å². The molecule has 200 valence electrons. The topological polar surface area (TPSA) is 277 Å². The highest BCUT2D eigenvalue weighted by Crippen LogP contribution is 2.26. The third kappa shape index (κ3) is 6.44. The van der Waals surface area contributed by atoms with Crippen LogP contribution in [0.15, 0.2) is 0 Å². The number of hydrogen-bond acceptors (Lipinski definition) is 16. The Bertz CT molecular complexity index is 621. The molecule has 2 aliphatic heterocycles.